The second kappa shape index (κ2) is 6.40. The van der Waals surface area contributed by atoms with Crippen molar-refractivity contribution in [2.24, 2.45) is 0 Å². The number of rotatable bonds is 5. The molecule has 1 saturated heterocycles. The van der Waals surface area contributed by atoms with Crippen molar-refractivity contribution in [1.82, 2.24) is 29.0 Å². The Bertz CT molecular complexity index is 832. The molecule has 0 aliphatic carbocycles. The molecule has 0 bridgehead atoms. The first-order valence-electron chi connectivity index (χ1n) is 8.08. The molecule has 124 valence electrons. The lowest BCUT2D eigenvalue weighted by atomic mass is 10.1. The van der Waals surface area contributed by atoms with Gasteiger partial charge in [-0.1, -0.05) is 0 Å². The number of likely N-dealkylation sites (tertiary alicyclic amines) is 1. The number of fused-ring (bicyclic) bond motifs is 1. The van der Waals surface area contributed by atoms with Gasteiger partial charge in [0.15, 0.2) is 11.5 Å². The number of aldehydes is 1. The van der Waals surface area contributed by atoms with Gasteiger partial charge in [0.25, 0.3) is 0 Å². The summed E-state index contributed by atoms with van der Waals surface area (Å²) in [7, 11) is 0. The number of nitrogens with zero attached hydrogens (tertiary/aromatic N) is 6. The molecule has 24 heavy (non-hydrogen) atoms. The number of aromatic nitrogens is 5. The van der Waals surface area contributed by atoms with Crippen LogP contribution in [0.15, 0.2) is 37.2 Å². The fraction of sp³-hybridized carbons (Fsp3) is 0.375. The van der Waals surface area contributed by atoms with Gasteiger partial charge in [0.05, 0.1) is 24.5 Å². The van der Waals surface area contributed by atoms with Gasteiger partial charge < -0.3 is 14.5 Å². The van der Waals surface area contributed by atoms with E-state index in [0.29, 0.717) is 18.4 Å². The van der Waals surface area contributed by atoms with E-state index in [-0.39, 0.29) is 0 Å². The summed E-state index contributed by atoms with van der Waals surface area (Å²) in [6.45, 7) is 2.39. The lowest BCUT2D eigenvalue weighted by Crippen LogP contribution is -2.35. The highest BCUT2D eigenvalue weighted by Crippen LogP contribution is 2.24. The summed E-state index contributed by atoms with van der Waals surface area (Å²) in [5, 5.41) is 7.77. The molecule has 0 atom stereocenters. The quantitative estimate of drug-likeness (QED) is 0.716. The topological polar surface area (TPSA) is 80.4 Å². The van der Waals surface area contributed by atoms with Crippen LogP contribution in [0.1, 0.15) is 18.9 Å². The Balaban J connectivity index is 1.46. The van der Waals surface area contributed by atoms with Crippen LogP contribution < -0.4 is 5.32 Å². The van der Waals surface area contributed by atoms with Crippen LogP contribution in [0.25, 0.3) is 5.65 Å². The Labute approximate surface area is 139 Å². The molecule has 1 aliphatic rings. The second-order valence-corrected chi connectivity index (χ2v) is 5.97. The fourth-order valence-corrected chi connectivity index (χ4v) is 3.15. The number of imidazole rings is 1. The summed E-state index contributed by atoms with van der Waals surface area (Å²) in [5.74, 6) is 0.711. The Morgan fingerprint density at radius 1 is 1.21 bits per heavy atom. The summed E-state index contributed by atoms with van der Waals surface area (Å²) in [6, 6.07) is 0.374. The Morgan fingerprint density at radius 2 is 2.00 bits per heavy atom. The van der Waals surface area contributed by atoms with Gasteiger partial charge in [-0.3, -0.25) is 9.58 Å². The normalized spacial score (nSPS) is 16.5. The molecular formula is C16H19N7O. The number of hydrogen-bond acceptors (Lipinski definition) is 6. The molecule has 4 rings (SSSR count). The molecule has 1 aliphatic heterocycles. The molecule has 0 radical (unpaired) electrons. The minimum absolute atomic E-state index is 0.374. The van der Waals surface area contributed by atoms with Gasteiger partial charge in [0, 0.05) is 44.1 Å². The number of carbonyl (C=O) groups excluding carboxylic acids is 1. The van der Waals surface area contributed by atoms with Crippen LogP contribution in [-0.4, -0.2) is 55.0 Å². The van der Waals surface area contributed by atoms with Gasteiger partial charge >= 0.3 is 0 Å². The van der Waals surface area contributed by atoms with Gasteiger partial charge in [-0.25, -0.2) is 9.97 Å². The van der Waals surface area contributed by atoms with Crippen molar-refractivity contribution >= 4 is 23.4 Å². The summed E-state index contributed by atoms with van der Waals surface area (Å²) < 4.78 is 3.93. The van der Waals surface area contributed by atoms with E-state index in [1.165, 1.54) is 0 Å². The molecule has 0 aromatic carbocycles. The summed E-state index contributed by atoms with van der Waals surface area (Å²) in [4.78, 5) is 21.4. The molecule has 3 aromatic heterocycles. The van der Waals surface area contributed by atoms with Crippen LogP contribution in [0, 0.1) is 0 Å². The Hall–Kier alpha value is -2.74. The van der Waals surface area contributed by atoms with Crippen LogP contribution in [0.3, 0.4) is 0 Å². The highest BCUT2D eigenvalue weighted by Gasteiger charge is 2.21. The van der Waals surface area contributed by atoms with Crippen LogP contribution in [-0.2, 0) is 4.79 Å². The van der Waals surface area contributed by atoms with E-state index in [0.717, 1.165) is 43.6 Å². The lowest BCUT2D eigenvalue weighted by molar-refractivity contribution is -0.109. The van der Waals surface area contributed by atoms with Gasteiger partial charge in [0.2, 0.25) is 0 Å². The average molecular weight is 325 g/mol. The summed E-state index contributed by atoms with van der Waals surface area (Å²) in [6.07, 6.45) is 14.0. The van der Waals surface area contributed by atoms with E-state index in [4.69, 9.17) is 0 Å². The molecule has 8 nitrogen and oxygen atoms in total. The van der Waals surface area contributed by atoms with Crippen LogP contribution >= 0.6 is 0 Å². The van der Waals surface area contributed by atoms with Crippen LogP contribution in [0.2, 0.25) is 0 Å². The van der Waals surface area contributed by atoms with Crippen molar-refractivity contribution < 1.29 is 4.79 Å². The van der Waals surface area contributed by atoms with E-state index in [1.807, 2.05) is 33.9 Å². The molecule has 1 N–H and O–H groups in total. The Kier molecular flexibility index (Phi) is 3.96. The van der Waals surface area contributed by atoms with Crippen molar-refractivity contribution in [3.8, 4) is 0 Å². The van der Waals surface area contributed by atoms with Gasteiger partial charge in [-0.2, -0.15) is 5.10 Å². The molecule has 0 unspecified atom stereocenters. The fourth-order valence-electron chi connectivity index (χ4n) is 3.15. The monoisotopic (exact) mass is 325 g/mol. The van der Waals surface area contributed by atoms with E-state index < -0.39 is 0 Å². The number of anilines is 2. The molecule has 0 amide bonds. The summed E-state index contributed by atoms with van der Waals surface area (Å²) in [5.41, 5.74) is 1.68. The van der Waals surface area contributed by atoms with Crippen molar-refractivity contribution in [2.45, 2.75) is 18.9 Å². The Morgan fingerprint density at radius 3 is 2.79 bits per heavy atom. The van der Waals surface area contributed by atoms with Crippen molar-refractivity contribution in [2.75, 3.05) is 25.0 Å². The van der Waals surface area contributed by atoms with Crippen LogP contribution in [0.5, 0.6) is 0 Å². The first kappa shape index (κ1) is 14.8. The smallest absolute Gasteiger partial charge is 0.180 e. The highest BCUT2D eigenvalue weighted by atomic mass is 16.1. The maximum atomic E-state index is 10.6. The molecule has 0 saturated carbocycles. The molecular weight excluding hydrogens is 306 g/mol. The molecule has 0 spiro atoms. The molecule has 8 heteroatoms. The zero-order valence-electron chi connectivity index (χ0n) is 13.2. The van der Waals surface area contributed by atoms with E-state index in [9.17, 15) is 4.79 Å². The lowest BCUT2D eigenvalue weighted by Gasteiger charge is -2.30. The average Bonchev–Trinajstić information content (AvgIpc) is 3.26. The first-order valence-corrected chi connectivity index (χ1v) is 8.08. The third-order valence-electron chi connectivity index (χ3n) is 4.44. The van der Waals surface area contributed by atoms with E-state index >= 15 is 0 Å². The zero-order valence-corrected chi connectivity index (χ0v) is 13.2. The van der Waals surface area contributed by atoms with Gasteiger partial charge in [-0.15, -0.1) is 0 Å². The highest BCUT2D eigenvalue weighted by molar-refractivity contribution is 5.68. The van der Waals surface area contributed by atoms with Crippen LogP contribution in [0.4, 0.5) is 11.5 Å². The molecule has 4 heterocycles. The first-order chi connectivity index (χ1) is 11.8. The standard InChI is InChI=1S/C16H19N7O/c24-10-9-21-5-1-14(2-6-21)23-12-13(11-19-23)20-15-16-18-4-8-22(16)7-3-17-15/h3-4,7-8,10-12,14H,1-2,5-6,9H2,(H,17,20). The third kappa shape index (κ3) is 2.88. The van der Waals surface area contributed by atoms with Gasteiger partial charge in [-0.05, 0) is 12.8 Å². The number of piperidine rings is 1. The predicted octanol–water partition coefficient (Wildman–Crippen LogP) is 1.51. The SMILES string of the molecule is O=CCN1CCC(n2cc(Nc3nccn4ccnc34)cn2)CC1. The third-order valence-corrected chi connectivity index (χ3v) is 4.44. The summed E-state index contributed by atoms with van der Waals surface area (Å²) >= 11 is 0. The van der Waals surface area contributed by atoms with Crippen molar-refractivity contribution in [3.05, 3.63) is 37.2 Å². The van der Waals surface area contributed by atoms with Gasteiger partial charge in [0.1, 0.15) is 6.29 Å². The largest absolute Gasteiger partial charge is 0.335 e. The maximum absolute atomic E-state index is 10.6. The van der Waals surface area contributed by atoms with Crippen molar-refractivity contribution in [3.63, 3.8) is 0 Å². The molecule has 1 fully saturated rings. The number of hydrogen-bond donors (Lipinski definition) is 1. The van der Waals surface area contributed by atoms with Crippen molar-refractivity contribution in [1.29, 1.82) is 0 Å². The number of carbonyl (C=O) groups is 1. The second-order valence-electron chi connectivity index (χ2n) is 5.97. The predicted molar refractivity (Wildman–Crippen MR) is 89.3 cm³/mol. The minimum Gasteiger partial charge on any atom is -0.335 e. The van der Waals surface area contributed by atoms with E-state index in [1.54, 1.807) is 12.4 Å². The number of nitrogens with one attached hydrogen (secondary N) is 1. The zero-order chi connectivity index (χ0) is 16.4. The minimum atomic E-state index is 0.374. The molecule has 3 aromatic rings. The van der Waals surface area contributed by atoms with E-state index in [2.05, 4.69) is 25.3 Å². The maximum Gasteiger partial charge on any atom is 0.180 e.